The lowest BCUT2D eigenvalue weighted by molar-refractivity contribution is 0.0763. The minimum atomic E-state index is 0.0458. The summed E-state index contributed by atoms with van der Waals surface area (Å²) in [5.41, 5.74) is 4.94. The third kappa shape index (κ3) is 3.13. The summed E-state index contributed by atoms with van der Waals surface area (Å²) in [6.07, 6.45) is 6.44. The predicted octanol–water partition coefficient (Wildman–Crippen LogP) is 2.78. The Morgan fingerprint density at radius 2 is 1.68 bits per heavy atom. The van der Waals surface area contributed by atoms with Crippen molar-refractivity contribution in [2.75, 3.05) is 13.1 Å². The van der Waals surface area contributed by atoms with Gasteiger partial charge < -0.3 is 4.90 Å². The van der Waals surface area contributed by atoms with Crippen LogP contribution in [0, 0.1) is 0 Å². The van der Waals surface area contributed by atoms with Gasteiger partial charge in [-0.25, -0.2) is 9.97 Å². The summed E-state index contributed by atoms with van der Waals surface area (Å²) >= 11 is 0. The fourth-order valence-electron chi connectivity index (χ4n) is 3.25. The number of hydrogen-bond donors (Lipinski definition) is 0. The lowest BCUT2D eigenvalue weighted by atomic mass is 10.0. The van der Waals surface area contributed by atoms with Gasteiger partial charge in [-0.2, -0.15) is 0 Å². The number of amides is 1. The van der Waals surface area contributed by atoms with Gasteiger partial charge in [-0.05, 0) is 18.6 Å². The highest BCUT2D eigenvalue weighted by molar-refractivity contribution is 5.94. The SMILES string of the molecule is O=C(c1ccncc1)N1CCc2ncnc(-c3ccccc3)c2CC1. The number of nitrogens with zero attached hydrogens (tertiary/aromatic N) is 4. The molecule has 3 aromatic rings. The maximum Gasteiger partial charge on any atom is 0.253 e. The van der Waals surface area contributed by atoms with Crippen molar-refractivity contribution in [3.8, 4) is 11.3 Å². The first-order valence-corrected chi connectivity index (χ1v) is 8.40. The highest BCUT2D eigenvalue weighted by Gasteiger charge is 2.22. The average Bonchev–Trinajstić information content (AvgIpc) is 2.91. The number of rotatable bonds is 2. The minimum Gasteiger partial charge on any atom is -0.338 e. The van der Waals surface area contributed by atoms with Gasteiger partial charge >= 0.3 is 0 Å². The largest absolute Gasteiger partial charge is 0.338 e. The van der Waals surface area contributed by atoms with Crippen LogP contribution < -0.4 is 0 Å². The van der Waals surface area contributed by atoms with Crippen molar-refractivity contribution in [3.63, 3.8) is 0 Å². The molecule has 0 spiro atoms. The average molecular weight is 330 g/mol. The molecule has 124 valence electrons. The molecule has 4 rings (SSSR count). The summed E-state index contributed by atoms with van der Waals surface area (Å²) in [5.74, 6) is 0.0458. The highest BCUT2D eigenvalue weighted by Crippen LogP contribution is 2.25. The maximum atomic E-state index is 12.7. The molecule has 1 aliphatic heterocycles. The van der Waals surface area contributed by atoms with Crippen molar-refractivity contribution in [2.24, 2.45) is 0 Å². The Labute approximate surface area is 146 Å². The lowest BCUT2D eigenvalue weighted by Crippen LogP contribution is -2.33. The van der Waals surface area contributed by atoms with E-state index in [9.17, 15) is 4.79 Å². The van der Waals surface area contributed by atoms with Gasteiger partial charge in [-0.15, -0.1) is 0 Å². The highest BCUT2D eigenvalue weighted by atomic mass is 16.2. The number of fused-ring (bicyclic) bond motifs is 1. The Morgan fingerprint density at radius 3 is 2.48 bits per heavy atom. The number of benzene rings is 1. The summed E-state index contributed by atoms with van der Waals surface area (Å²) < 4.78 is 0. The first-order chi connectivity index (χ1) is 12.3. The number of aromatic nitrogens is 3. The lowest BCUT2D eigenvalue weighted by Gasteiger charge is -2.20. The van der Waals surface area contributed by atoms with Crippen LogP contribution >= 0.6 is 0 Å². The third-order valence-corrected chi connectivity index (χ3v) is 4.55. The fraction of sp³-hybridized carbons (Fsp3) is 0.200. The van der Waals surface area contributed by atoms with Gasteiger partial charge in [0.25, 0.3) is 5.91 Å². The zero-order chi connectivity index (χ0) is 17.1. The Hall–Kier alpha value is -3.08. The van der Waals surface area contributed by atoms with Crippen molar-refractivity contribution in [1.82, 2.24) is 19.9 Å². The van der Waals surface area contributed by atoms with Gasteiger partial charge in [0, 0.05) is 54.3 Å². The summed E-state index contributed by atoms with van der Waals surface area (Å²) in [4.78, 5) is 27.6. The quantitative estimate of drug-likeness (QED) is 0.725. The molecule has 2 aromatic heterocycles. The molecule has 0 aliphatic carbocycles. The standard InChI is InChI=1S/C20H18N4O/c25-20(16-6-10-21-11-7-16)24-12-8-17-18(9-13-24)22-14-23-19(17)15-4-2-1-3-5-15/h1-7,10-11,14H,8-9,12-13H2. The van der Waals surface area contributed by atoms with Crippen LogP contribution in [0.4, 0.5) is 0 Å². The molecule has 5 nitrogen and oxygen atoms in total. The van der Waals surface area contributed by atoms with E-state index in [2.05, 4.69) is 27.1 Å². The zero-order valence-electron chi connectivity index (χ0n) is 13.8. The van der Waals surface area contributed by atoms with E-state index in [1.165, 1.54) is 0 Å². The Bertz CT molecular complexity index is 881. The summed E-state index contributed by atoms with van der Waals surface area (Å²) in [6.45, 7) is 1.33. The van der Waals surface area contributed by atoms with Crippen LogP contribution in [0.15, 0.2) is 61.2 Å². The van der Waals surface area contributed by atoms with Crippen LogP contribution in [0.25, 0.3) is 11.3 Å². The van der Waals surface area contributed by atoms with Gasteiger partial charge in [0.2, 0.25) is 0 Å². The molecule has 1 amide bonds. The second-order valence-corrected chi connectivity index (χ2v) is 6.04. The van der Waals surface area contributed by atoms with E-state index in [-0.39, 0.29) is 5.91 Å². The van der Waals surface area contributed by atoms with Crippen LogP contribution in [0.1, 0.15) is 21.6 Å². The topological polar surface area (TPSA) is 59.0 Å². The van der Waals surface area contributed by atoms with E-state index in [0.717, 1.165) is 35.4 Å². The molecule has 0 fully saturated rings. The van der Waals surface area contributed by atoms with Crippen molar-refractivity contribution in [2.45, 2.75) is 12.8 Å². The summed E-state index contributed by atoms with van der Waals surface area (Å²) in [5, 5.41) is 0. The van der Waals surface area contributed by atoms with Gasteiger partial charge in [0.1, 0.15) is 6.33 Å². The third-order valence-electron chi connectivity index (χ3n) is 4.55. The molecular weight excluding hydrogens is 312 g/mol. The first-order valence-electron chi connectivity index (χ1n) is 8.40. The summed E-state index contributed by atoms with van der Waals surface area (Å²) in [7, 11) is 0. The normalized spacial score (nSPS) is 13.8. The van der Waals surface area contributed by atoms with Gasteiger partial charge in [0.05, 0.1) is 5.69 Å². The van der Waals surface area contributed by atoms with Crippen molar-refractivity contribution in [1.29, 1.82) is 0 Å². The van der Waals surface area contributed by atoms with E-state index in [4.69, 9.17) is 0 Å². The summed E-state index contributed by atoms with van der Waals surface area (Å²) in [6, 6.07) is 13.7. The Balaban J connectivity index is 1.61. The molecule has 0 radical (unpaired) electrons. The molecule has 1 aromatic carbocycles. The first kappa shape index (κ1) is 15.4. The van der Waals surface area contributed by atoms with Crippen LogP contribution in [0.2, 0.25) is 0 Å². The molecule has 0 N–H and O–H groups in total. The number of pyridine rings is 1. The molecule has 25 heavy (non-hydrogen) atoms. The molecular formula is C20H18N4O. The molecule has 0 atom stereocenters. The van der Waals surface area contributed by atoms with E-state index in [1.54, 1.807) is 30.9 Å². The van der Waals surface area contributed by atoms with Crippen molar-refractivity contribution in [3.05, 3.63) is 78.0 Å². The van der Waals surface area contributed by atoms with Crippen LogP contribution in [-0.2, 0) is 12.8 Å². The van der Waals surface area contributed by atoms with Gasteiger partial charge in [-0.3, -0.25) is 9.78 Å². The smallest absolute Gasteiger partial charge is 0.253 e. The molecule has 0 saturated heterocycles. The monoisotopic (exact) mass is 330 g/mol. The minimum absolute atomic E-state index is 0.0458. The van der Waals surface area contributed by atoms with Gasteiger partial charge in [-0.1, -0.05) is 30.3 Å². The van der Waals surface area contributed by atoms with E-state index in [1.807, 2.05) is 23.1 Å². The molecule has 0 unspecified atom stereocenters. The van der Waals surface area contributed by atoms with E-state index < -0.39 is 0 Å². The second kappa shape index (κ2) is 6.81. The van der Waals surface area contributed by atoms with E-state index >= 15 is 0 Å². The van der Waals surface area contributed by atoms with Gasteiger partial charge in [0.15, 0.2) is 0 Å². The molecule has 0 saturated carbocycles. The number of hydrogen-bond acceptors (Lipinski definition) is 4. The van der Waals surface area contributed by atoms with E-state index in [0.29, 0.717) is 18.7 Å². The number of carbonyl (C=O) groups excluding carboxylic acids is 1. The zero-order valence-corrected chi connectivity index (χ0v) is 13.8. The van der Waals surface area contributed by atoms with Crippen LogP contribution in [-0.4, -0.2) is 38.8 Å². The van der Waals surface area contributed by atoms with Crippen molar-refractivity contribution < 1.29 is 4.79 Å². The molecule has 3 heterocycles. The van der Waals surface area contributed by atoms with Crippen LogP contribution in [0.3, 0.4) is 0 Å². The molecule has 0 bridgehead atoms. The molecule has 1 aliphatic rings. The fourth-order valence-corrected chi connectivity index (χ4v) is 3.25. The van der Waals surface area contributed by atoms with Crippen LogP contribution in [0.5, 0.6) is 0 Å². The second-order valence-electron chi connectivity index (χ2n) is 6.04. The Kier molecular flexibility index (Phi) is 4.21. The van der Waals surface area contributed by atoms with Crippen molar-refractivity contribution >= 4 is 5.91 Å². The number of carbonyl (C=O) groups is 1. The predicted molar refractivity (Wildman–Crippen MR) is 95.0 cm³/mol. The molecule has 5 heteroatoms. The Morgan fingerprint density at radius 1 is 0.920 bits per heavy atom. The maximum absolute atomic E-state index is 12.7.